The molecule has 0 amide bonds. The summed E-state index contributed by atoms with van der Waals surface area (Å²) in [4.78, 5) is 0. The van der Waals surface area contributed by atoms with Gasteiger partial charge in [-0.25, -0.2) is 4.39 Å². The highest BCUT2D eigenvalue weighted by Gasteiger charge is 2.06. The molecule has 0 aromatic heterocycles. The van der Waals surface area contributed by atoms with E-state index in [9.17, 15) is 8.78 Å². The van der Waals surface area contributed by atoms with Crippen molar-refractivity contribution in [2.45, 2.75) is 13.8 Å². The van der Waals surface area contributed by atoms with Crippen molar-refractivity contribution in [2.75, 3.05) is 6.67 Å². The molecule has 0 aliphatic rings. The van der Waals surface area contributed by atoms with Crippen LogP contribution in [-0.2, 0) is 0 Å². The zero-order valence-corrected chi connectivity index (χ0v) is 7.20. The Balaban J connectivity index is 2.96. The number of alkyl halides is 1. The van der Waals surface area contributed by atoms with Crippen molar-refractivity contribution < 1.29 is 8.78 Å². The number of aryl methyl sites for hydroxylation is 1. The van der Waals surface area contributed by atoms with E-state index in [0.717, 1.165) is 5.56 Å². The van der Waals surface area contributed by atoms with Gasteiger partial charge in [0.2, 0.25) is 0 Å². The van der Waals surface area contributed by atoms with Gasteiger partial charge in [0.05, 0.1) is 6.67 Å². The van der Waals surface area contributed by atoms with E-state index in [1.165, 1.54) is 6.07 Å². The summed E-state index contributed by atoms with van der Waals surface area (Å²) in [7, 11) is 0. The molecule has 0 aliphatic heterocycles. The molecule has 0 nitrogen and oxygen atoms in total. The molecule has 1 aromatic carbocycles. The van der Waals surface area contributed by atoms with Gasteiger partial charge >= 0.3 is 0 Å². The molecule has 0 saturated carbocycles. The molecule has 1 radical (unpaired) electrons. The quantitative estimate of drug-likeness (QED) is 0.638. The van der Waals surface area contributed by atoms with Crippen LogP contribution in [0.5, 0.6) is 0 Å². The molecule has 0 bridgehead atoms. The minimum Gasteiger partial charge on any atom is -0.250 e. The maximum atomic E-state index is 12.8. The molecule has 1 aromatic rings. The van der Waals surface area contributed by atoms with E-state index in [4.69, 9.17) is 0 Å². The van der Waals surface area contributed by atoms with E-state index in [1.807, 2.05) is 0 Å². The zero-order chi connectivity index (χ0) is 9.14. The minimum absolute atomic E-state index is 0.245. The molecule has 65 valence electrons. The van der Waals surface area contributed by atoms with Gasteiger partial charge in [0.15, 0.2) is 0 Å². The van der Waals surface area contributed by atoms with Crippen molar-refractivity contribution in [3.05, 3.63) is 41.1 Å². The Morgan fingerprint density at radius 3 is 2.58 bits per heavy atom. The number of hydrogen-bond acceptors (Lipinski definition) is 0. The second kappa shape index (κ2) is 3.65. The predicted molar refractivity (Wildman–Crippen MR) is 45.1 cm³/mol. The third-order valence-electron chi connectivity index (χ3n) is 1.85. The van der Waals surface area contributed by atoms with Crippen LogP contribution in [0.2, 0.25) is 0 Å². The zero-order valence-electron chi connectivity index (χ0n) is 7.20. The van der Waals surface area contributed by atoms with Crippen LogP contribution in [0.3, 0.4) is 0 Å². The Morgan fingerprint density at radius 2 is 2.08 bits per heavy atom. The molecule has 1 rings (SSSR count). The minimum atomic E-state index is -0.481. The van der Waals surface area contributed by atoms with Gasteiger partial charge in [-0.15, -0.1) is 0 Å². The fourth-order valence-electron chi connectivity index (χ4n) is 0.987. The Hall–Kier alpha value is -0.920. The highest BCUT2D eigenvalue weighted by atomic mass is 19.1. The molecular weight excluding hydrogens is 158 g/mol. The Bertz CT molecular complexity index is 269. The molecule has 0 atom stereocenters. The van der Waals surface area contributed by atoms with E-state index in [-0.39, 0.29) is 5.82 Å². The number of benzene rings is 1. The number of rotatable bonds is 2. The van der Waals surface area contributed by atoms with Crippen LogP contribution in [0.25, 0.3) is 0 Å². The van der Waals surface area contributed by atoms with Crippen LogP contribution in [0.1, 0.15) is 18.1 Å². The standard InChI is InChI=1S/C10H11F2/c1-7-5-9(8(2)6-11)3-4-10(7)12/h3-5H,6H2,1-2H3. The van der Waals surface area contributed by atoms with E-state index in [1.54, 1.807) is 26.0 Å². The van der Waals surface area contributed by atoms with Crippen molar-refractivity contribution >= 4 is 0 Å². The summed E-state index contributed by atoms with van der Waals surface area (Å²) in [5.41, 5.74) is 1.33. The lowest BCUT2D eigenvalue weighted by atomic mass is 10.0. The fraction of sp³-hybridized carbons (Fsp3) is 0.300. The monoisotopic (exact) mass is 169 g/mol. The molecule has 2 heteroatoms. The smallest absolute Gasteiger partial charge is 0.126 e. The van der Waals surface area contributed by atoms with Gasteiger partial charge in [-0.1, -0.05) is 19.1 Å². The second-order valence-electron chi connectivity index (χ2n) is 2.88. The number of hydrogen-bond donors (Lipinski definition) is 0. The third-order valence-corrected chi connectivity index (χ3v) is 1.85. The van der Waals surface area contributed by atoms with E-state index in [0.29, 0.717) is 11.5 Å². The highest BCUT2D eigenvalue weighted by Crippen LogP contribution is 2.17. The summed E-state index contributed by atoms with van der Waals surface area (Å²) >= 11 is 0. The first-order valence-corrected chi connectivity index (χ1v) is 3.80. The summed E-state index contributed by atoms with van der Waals surface area (Å²) in [5, 5.41) is 0. The summed E-state index contributed by atoms with van der Waals surface area (Å²) in [6.45, 7) is 2.89. The highest BCUT2D eigenvalue weighted by molar-refractivity contribution is 5.33. The summed E-state index contributed by atoms with van der Waals surface area (Å²) in [6, 6.07) is 4.62. The van der Waals surface area contributed by atoms with Gasteiger partial charge in [0.25, 0.3) is 0 Å². The van der Waals surface area contributed by atoms with Gasteiger partial charge in [0.1, 0.15) is 5.82 Å². The van der Waals surface area contributed by atoms with Crippen LogP contribution in [0.4, 0.5) is 8.78 Å². The van der Waals surface area contributed by atoms with Crippen molar-refractivity contribution in [1.82, 2.24) is 0 Å². The van der Waals surface area contributed by atoms with Crippen LogP contribution in [0, 0.1) is 18.7 Å². The SMILES string of the molecule is C[C](CF)c1ccc(F)c(C)c1. The van der Waals surface area contributed by atoms with Gasteiger partial charge in [-0.05, 0) is 24.1 Å². The molecule has 12 heavy (non-hydrogen) atoms. The normalized spacial score (nSPS) is 10.8. The van der Waals surface area contributed by atoms with E-state index >= 15 is 0 Å². The summed E-state index contributed by atoms with van der Waals surface area (Å²) < 4.78 is 24.9. The molecule has 0 aliphatic carbocycles. The van der Waals surface area contributed by atoms with Crippen LogP contribution in [0.15, 0.2) is 18.2 Å². The van der Waals surface area contributed by atoms with E-state index in [2.05, 4.69) is 0 Å². The molecule has 0 N–H and O–H groups in total. The maximum absolute atomic E-state index is 12.8. The van der Waals surface area contributed by atoms with Gasteiger partial charge in [-0.3, -0.25) is 4.39 Å². The average Bonchev–Trinajstić information content (AvgIpc) is 2.08. The summed E-state index contributed by atoms with van der Waals surface area (Å²) in [6.07, 6.45) is 0. The van der Waals surface area contributed by atoms with E-state index < -0.39 is 6.67 Å². The van der Waals surface area contributed by atoms with Crippen molar-refractivity contribution in [3.8, 4) is 0 Å². The molecule has 0 unspecified atom stereocenters. The summed E-state index contributed by atoms with van der Waals surface area (Å²) in [5.74, 6) is 0.392. The van der Waals surface area contributed by atoms with Crippen LogP contribution in [-0.4, -0.2) is 6.67 Å². The molecular formula is C10H11F2. The first-order chi connectivity index (χ1) is 5.65. The fourth-order valence-corrected chi connectivity index (χ4v) is 0.987. The lowest BCUT2D eigenvalue weighted by Gasteiger charge is -2.07. The largest absolute Gasteiger partial charge is 0.250 e. The maximum Gasteiger partial charge on any atom is 0.126 e. The molecule has 0 fully saturated rings. The Kier molecular flexibility index (Phi) is 2.79. The van der Waals surface area contributed by atoms with Crippen LogP contribution >= 0.6 is 0 Å². The Labute approximate surface area is 71.2 Å². The average molecular weight is 169 g/mol. The molecule has 0 heterocycles. The second-order valence-corrected chi connectivity index (χ2v) is 2.88. The van der Waals surface area contributed by atoms with Gasteiger partial charge in [-0.2, -0.15) is 0 Å². The van der Waals surface area contributed by atoms with Crippen molar-refractivity contribution in [2.24, 2.45) is 0 Å². The van der Waals surface area contributed by atoms with Gasteiger partial charge in [0, 0.05) is 5.92 Å². The molecule has 0 spiro atoms. The lowest BCUT2D eigenvalue weighted by Crippen LogP contribution is -1.97. The lowest BCUT2D eigenvalue weighted by molar-refractivity contribution is 0.515. The third kappa shape index (κ3) is 1.81. The Morgan fingerprint density at radius 1 is 1.42 bits per heavy atom. The number of halogens is 2. The first kappa shape index (κ1) is 9.17. The van der Waals surface area contributed by atoms with Crippen LogP contribution < -0.4 is 0 Å². The van der Waals surface area contributed by atoms with Crippen molar-refractivity contribution in [1.29, 1.82) is 0 Å². The van der Waals surface area contributed by atoms with Crippen molar-refractivity contribution in [3.63, 3.8) is 0 Å². The first-order valence-electron chi connectivity index (χ1n) is 3.80. The molecule has 0 saturated heterocycles. The predicted octanol–water partition coefficient (Wildman–Crippen LogP) is 3.05. The topological polar surface area (TPSA) is 0 Å². The van der Waals surface area contributed by atoms with Gasteiger partial charge < -0.3 is 0 Å².